The van der Waals surface area contributed by atoms with Gasteiger partial charge in [0.05, 0.1) is 23.2 Å². The van der Waals surface area contributed by atoms with Crippen LogP contribution in [0, 0.1) is 12.7 Å². The Morgan fingerprint density at radius 2 is 1.77 bits per heavy atom. The molecule has 2 aromatic carbocycles. The molecule has 0 N–H and O–H groups in total. The lowest BCUT2D eigenvalue weighted by atomic mass is 9.99. The van der Waals surface area contributed by atoms with Crippen LogP contribution in [0.3, 0.4) is 0 Å². The molecule has 2 aromatic heterocycles. The molecule has 4 aromatic rings. The number of ether oxygens (including phenoxy) is 1. The summed E-state index contributed by atoms with van der Waals surface area (Å²) in [7, 11) is 0. The molecule has 0 saturated heterocycles. The van der Waals surface area contributed by atoms with E-state index in [2.05, 4.69) is 11.9 Å². The van der Waals surface area contributed by atoms with Gasteiger partial charge in [0.25, 0.3) is 0 Å². The summed E-state index contributed by atoms with van der Waals surface area (Å²) >= 11 is 6.25. The van der Waals surface area contributed by atoms with Gasteiger partial charge in [-0.1, -0.05) is 41.9 Å². The minimum absolute atomic E-state index is 0.000800. The highest BCUT2D eigenvalue weighted by Crippen LogP contribution is 2.43. The summed E-state index contributed by atoms with van der Waals surface area (Å²) in [6.45, 7) is 4.01. The first-order valence-electron chi connectivity index (χ1n) is 8.03. The van der Waals surface area contributed by atoms with Gasteiger partial charge in [0.1, 0.15) is 11.5 Å². The van der Waals surface area contributed by atoms with Gasteiger partial charge in [-0.15, -0.1) is 0 Å². The molecule has 0 aliphatic rings. The van der Waals surface area contributed by atoms with Crippen LogP contribution in [-0.2, 0) is 0 Å². The number of aromatic nitrogens is 1. The molecule has 0 bridgehead atoms. The first-order chi connectivity index (χ1) is 12.7. The summed E-state index contributed by atoms with van der Waals surface area (Å²) in [4.78, 5) is 4.06. The predicted molar refractivity (Wildman–Crippen MR) is 101 cm³/mol. The summed E-state index contributed by atoms with van der Waals surface area (Å²) in [5, 5.41) is 0.465. The van der Waals surface area contributed by atoms with E-state index in [9.17, 15) is 4.39 Å². The Kier molecular flexibility index (Phi) is 4.35. The van der Waals surface area contributed by atoms with Crippen molar-refractivity contribution < 1.29 is 13.5 Å². The molecular formula is C21H14ClFNO2. The minimum atomic E-state index is -0.581. The third-order valence-electron chi connectivity index (χ3n) is 4.06. The van der Waals surface area contributed by atoms with Gasteiger partial charge < -0.3 is 9.15 Å². The van der Waals surface area contributed by atoms with Crippen LogP contribution in [0.2, 0.25) is 5.02 Å². The second-order valence-corrected chi connectivity index (χ2v) is 6.02. The van der Waals surface area contributed by atoms with Crippen molar-refractivity contribution in [1.29, 1.82) is 0 Å². The number of furan rings is 1. The number of hydrogen-bond acceptors (Lipinski definition) is 3. The summed E-state index contributed by atoms with van der Waals surface area (Å²) in [6.07, 6.45) is 1.07. The summed E-state index contributed by atoms with van der Waals surface area (Å²) in [6, 6.07) is 17.0. The average Bonchev–Trinajstić information content (AvgIpc) is 3.07. The monoisotopic (exact) mass is 366 g/mol. The molecule has 0 aliphatic carbocycles. The second-order valence-electron chi connectivity index (χ2n) is 5.65. The Bertz CT molecular complexity index is 1060. The largest absolute Gasteiger partial charge is 0.494 e. The van der Waals surface area contributed by atoms with Gasteiger partial charge in [-0.05, 0) is 36.8 Å². The van der Waals surface area contributed by atoms with E-state index in [1.54, 1.807) is 0 Å². The number of pyridine rings is 1. The maximum atomic E-state index is 14.0. The lowest BCUT2D eigenvalue weighted by Crippen LogP contribution is -1.91. The van der Waals surface area contributed by atoms with E-state index in [4.69, 9.17) is 20.8 Å². The van der Waals surface area contributed by atoms with Gasteiger partial charge in [-0.2, -0.15) is 0 Å². The van der Waals surface area contributed by atoms with E-state index in [1.165, 1.54) is 0 Å². The molecule has 0 saturated carbocycles. The third kappa shape index (κ3) is 2.82. The topological polar surface area (TPSA) is 35.3 Å². The van der Waals surface area contributed by atoms with Gasteiger partial charge in [-0.25, -0.2) is 9.37 Å². The van der Waals surface area contributed by atoms with Crippen LogP contribution in [0.5, 0.6) is 5.75 Å². The molecule has 5 heteroatoms. The fourth-order valence-electron chi connectivity index (χ4n) is 2.91. The lowest BCUT2D eigenvalue weighted by molar-refractivity contribution is 0.361. The number of benzene rings is 2. The van der Waals surface area contributed by atoms with Gasteiger partial charge in [-0.3, -0.25) is 0 Å². The first-order valence-corrected chi connectivity index (χ1v) is 8.41. The van der Waals surface area contributed by atoms with Crippen LogP contribution in [-0.4, -0.2) is 11.6 Å². The predicted octanol–water partition coefficient (Wildman–Crippen LogP) is 6.17. The van der Waals surface area contributed by atoms with E-state index in [-0.39, 0.29) is 5.02 Å². The SMILES string of the molecule is [CH2]COc1ccc(-c2oc3ncc(F)c(Cl)c3c2-c2ccccc2)cc1. The van der Waals surface area contributed by atoms with E-state index in [0.717, 1.165) is 17.3 Å². The summed E-state index contributed by atoms with van der Waals surface area (Å²) < 4.78 is 25.4. The molecule has 0 fully saturated rings. The first kappa shape index (κ1) is 16.6. The van der Waals surface area contributed by atoms with Crippen LogP contribution in [0.25, 0.3) is 33.6 Å². The molecule has 4 rings (SSSR count). The zero-order valence-electron chi connectivity index (χ0n) is 13.7. The van der Waals surface area contributed by atoms with E-state index >= 15 is 0 Å². The highest BCUT2D eigenvalue weighted by atomic mass is 35.5. The molecule has 0 amide bonds. The Hall–Kier alpha value is -2.85. The average molecular weight is 367 g/mol. The number of hydrogen-bond donors (Lipinski definition) is 0. The molecular weight excluding hydrogens is 353 g/mol. The van der Waals surface area contributed by atoms with Gasteiger partial charge in [0.15, 0.2) is 5.82 Å². The molecule has 0 spiro atoms. The van der Waals surface area contributed by atoms with Crippen LogP contribution < -0.4 is 4.74 Å². The minimum Gasteiger partial charge on any atom is -0.494 e. The number of rotatable bonds is 4. The normalized spacial score (nSPS) is 11.0. The lowest BCUT2D eigenvalue weighted by Gasteiger charge is -2.06. The van der Waals surface area contributed by atoms with Crippen LogP contribution in [0.1, 0.15) is 0 Å². The molecule has 3 nitrogen and oxygen atoms in total. The number of fused-ring (bicyclic) bond motifs is 1. The van der Waals surface area contributed by atoms with Crippen molar-refractivity contribution in [1.82, 2.24) is 4.98 Å². The van der Waals surface area contributed by atoms with Gasteiger partial charge in [0.2, 0.25) is 5.71 Å². The van der Waals surface area contributed by atoms with Crippen molar-refractivity contribution in [3.63, 3.8) is 0 Å². The standard InChI is InChI=1S/C21H14ClFNO2/c1-2-25-15-10-8-14(9-11-15)20-17(13-6-4-3-5-7-13)18-19(22)16(23)12-24-21(18)26-20/h3-12H,1-2H2. The molecule has 129 valence electrons. The Labute approximate surface area is 155 Å². The maximum absolute atomic E-state index is 14.0. The summed E-state index contributed by atoms with van der Waals surface area (Å²) in [5.41, 5.74) is 2.69. The van der Waals surface area contributed by atoms with Crippen molar-refractivity contribution in [3.05, 3.63) is 78.6 Å². The van der Waals surface area contributed by atoms with E-state index < -0.39 is 5.82 Å². The van der Waals surface area contributed by atoms with Crippen LogP contribution in [0.15, 0.2) is 65.2 Å². The summed E-state index contributed by atoms with van der Waals surface area (Å²) in [5.74, 6) is 0.707. The van der Waals surface area contributed by atoms with Crippen molar-refractivity contribution >= 4 is 22.7 Å². The highest BCUT2D eigenvalue weighted by Gasteiger charge is 2.22. The zero-order chi connectivity index (χ0) is 18.1. The van der Waals surface area contributed by atoms with Crippen molar-refractivity contribution in [2.75, 3.05) is 6.61 Å². The highest BCUT2D eigenvalue weighted by molar-refractivity contribution is 6.36. The molecule has 0 atom stereocenters. The third-order valence-corrected chi connectivity index (χ3v) is 4.43. The fraction of sp³-hybridized carbons (Fsp3) is 0.0476. The number of halogens is 2. The Morgan fingerprint density at radius 3 is 2.46 bits per heavy atom. The van der Waals surface area contributed by atoms with Crippen molar-refractivity contribution in [3.8, 4) is 28.2 Å². The van der Waals surface area contributed by atoms with Crippen molar-refractivity contribution in [2.24, 2.45) is 0 Å². The Morgan fingerprint density at radius 1 is 1.04 bits per heavy atom. The maximum Gasteiger partial charge on any atom is 0.229 e. The van der Waals surface area contributed by atoms with Crippen LogP contribution in [0.4, 0.5) is 4.39 Å². The van der Waals surface area contributed by atoms with E-state index in [0.29, 0.717) is 34.8 Å². The molecule has 0 unspecified atom stereocenters. The fourth-order valence-corrected chi connectivity index (χ4v) is 3.13. The molecule has 26 heavy (non-hydrogen) atoms. The van der Waals surface area contributed by atoms with E-state index in [1.807, 2.05) is 54.6 Å². The second kappa shape index (κ2) is 6.81. The van der Waals surface area contributed by atoms with Gasteiger partial charge >= 0.3 is 0 Å². The van der Waals surface area contributed by atoms with Gasteiger partial charge in [0, 0.05) is 11.1 Å². The molecule has 2 heterocycles. The van der Waals surface area contributed by atoms with Crippen molar-refractivity contribution in [2.45, 2.75) is 0 Å². The zero-order valence-corrected chi connectivity index (χ0v) is 14.5. The van der Waals surface area contributed by atoms with Crippen LogP contribution >= 0.6 is 11.6 Å². The quantitative estimate of drug-likeness (QED) is 0.433. The Balaban J connectivity index is 1.98. The molecule has 0 aliphatic heterocycles. The molecule has 1 radical (unpaired) electrons. The smallest absolute Gasteiger partial charge is 0.229 e. The number of nitrogens with zero attached hydrogens (tertiary/aromatic N) is 1.